The lowest BCUT2D eigenvalue weighted by Gasteiger charge is -2.02. The first kappa shape index (κ1) is 8.78. The summed E-state index contributed by atoms with van der Waals surface area (Å²) < 4.78 is 0. The normalized spacial score (nSPS) is 13.1. The molecule has 3 N–H and O–H groups in total. The minimum Gasteiger partial charge on any atom is -0.480 e. The molecule has 9 heavy (non-hydrogen) atoms. The number of rotatable bonds is 4. The predicted octanol–water partition coefficient (Wildman–Crippen LogP) is 0.151. The quantitative estimate of drug-likeness (QED) is 0.594. The lowest BCUT2D eigenvalue weighted by atomic mass is 10.2. The van der Waals surface area contributed by atoms with Gasteiger partial charge in [0, 0.05) is 0 Å². The van der Waals surface area contributed by atoms with Gasteiger partial charge in [0.15, 0.2) is 0 Å². The van der Waals surface area contributed by atoms with E-state index in [0.717, 1.165) is 5.75 Å². The second kappa shape index (κ2) is 4.64. The summed E-state index contributed by atoms with van der Waals surface area (Å²) in [6.45, 7) is 0. The molecule has 4 heteroatoms. The van der Waals surface area contributed by atoms with Crippen LogP contribution < -0.4 is 5.73 Å². The molecule has 0 aliphatic carbocycles. The lowest BCUT2D eigenvalue weighted by molar-refractivity contribution is -0.138. The Morgan fingerprint density at radius 1 is 1.89 bits per heavy atom. The van der Waals surface area contributed by atoms with Crippen molar-refractivity contribution in [1.29, 1.82) is 0 Å². The summed E-state index contributed by atoms with van der Waals surface area (Å²) in [4.78, 5) is 10.1. The Labute approximate surface area is 58.6 Å². The van der Waals surface area contributed by atoms with E-state index in [9.17, 15) is 4.79 Å². The monoisotopic (exact) mass is 147 g/mol. The van der Waals surface area contributed by atoms with E-state index in [4.69, 9.17) is 10.8 Å². The van der Waals surface area contributed by atoms with Gasteiger partial charge in [-0.1, -0.05) is 0 Å². The van der Waals surface area contributed by atoms with E-state index in [1.807, 2.05) is 6.26 Å². The van der Waals surface area contributed by atoms with Gasteiger partial charge in [-0.3, -0.25) is 4.79 Å². The van der Waals surface area contributed by atoms with Gasteiger partial charge in [-0.15, -0.1) is 0 Å². The van der Waals surface area contributed by atoms with Crippen molar-refractivity contribution in [1.82, 2.24) is 0 Å². The second-order valence-electron chi connectivity index (χ2n) is 1.73. The first-order chi connectivity index (χ1) is 4.18. The molecule has 0 aromatic heterocycles. The highest BCUT2D eigenvalue weighted by Crippen LogP contribution is 1.97. The van der Waals surface area contributed by atoms with Crippen molar-refractivity contribution in [2.45, 2.75) is 12.5 Å². The molecule has 0 rings (SSSR count). The van der Waals surface area contributed by atoms with Gasteiger partial charge in [-0.25, -0.2) is 0 Å². The molecule has 0 amide bonds. The molecular weight excluding hydrogens is 136 g/mol. The number of aliphatic carboxylic acids is 1. The molecule has 0 unspecified atom stereocenters. The van der Waals surface area contributed by atoms with Crippen LogP contribution in [0.4, 0.5) is 0 Å². The first-order valence-corrected chi connectivity index (χ1v) is 4.05. The van der Waals surface area contributed by atoms with Gasteiger partial charge in [-0.05, 0) is 18.4 Å². The highest BCUT2D eigenvalue weighted by Gasteiger charge is 2.08. The van der Waals surface area contributed by atoms with E-state index in [0.29, 0.717) is 6.42 Å². The molecule has 1 atom stereocenters. The Hall–Kier alpha value is -0.220. The highest BCUT2D eigenvalue weighted by atomic mass is 30.1. The average molecular weight is 147 g/mol. The number of hydrogen-bond donors (Lipinski definition) is 2. The minimum atomic E-state index is -0.913. The predicted molar refractivity (Wildman–Crippen MR) is 38.6 cm³/mol. The van der Waals surface area contributed by atoms with E-state index < -0.39 is 12.0 Å². The Morgan fingerprint density at radius 3 is 2.78 bits per heavy atom. The van der Waals surface area contributed by atoms with Crippen molar-refractivity contribution >= 4 is 17.7 Å². The fraction of sp³-hybridized carbons (Fsp3) is 0.800. The molecule has 0 heterocycles. The molecule has 0 bridgehead atoms. The molecule has 54 valence electrons. The van der Waals surface area contributed by atoms with Gasteiger partial charge in [0.05, 0.1) is 0 Å². The summed E-state index contributed by atoms with van der Waals surface area (Å²) in [5.74, 6) is -0.1000. The molecule has 0 saturated carbocycles. The minimum absolute atomic E-state index is 0.552. The van der Waals surface area contributed by atoms with Crippen LogP contribution in [0.3, 0.4) is 0 Å². The van der Waals surface area contributed by atoms with Crippen molar-refractivity contribution in [3.63, 3.8) is 0 Å². The Kier molecular flexibility index (Phi) is 4.53. The van der Waals surface area contributed by atoms with Crippen LogP contribution in [-0.2, 0) is 4.79 Å². The van der Waals surface area contributed by atoms with Gasteiger partial charge >= 0.3 is 5.97 Å². The van der Waals surface area contributed by atoms with Gasteiger partial charge in [0.1, 0.15) is 6.04 Å². The van der Waals surface area contributed by atoms with Gasteiger partial charge in [0.25, 0.3) is 0 Å². The summed E-state index contributed by atoms with van der Waals surface area (Å²) >= 11 is 1.60. The molecule has 0 aliphatic rings. The third kappa shape index (κ3) is 4.29. The largest absolute Gasteiger partial charge is 0.480 e. The lowest BCUT2D eigenvalue weighted by Crippen LogP contribution is -2.30. The van der Waals surface area contributed by atoms with E-state index in [1.54, 1.807) is 11.8 Å². The topological polar surface area (TPSA) is 63.3 Å². The number of carboxylic acid groups (broad SMARTS) is 1. The van der Waals surface area contributed by atoms with Crippen LogP contribution in [0.25, 0.3) is 0 Å². The molecule has 0 radical (unpaired) electrons. The number of hydrogen-bond acceptors (Lipinski definition) is 3. The van der Waals surface area contributed by atoms with E-state index >= 15 is 0 Å². The smallest absolute Gasteiger partial charge is 0.320 e. The third-order valence-corrected chi connectivity index (χ3v) is 1.59. The highest BCUT2D eigenvalue weighted by molar-refractivity contribution is 7.98. The molecule has 0 saturated heterocycles. The van der Waals surface area contributed by atoms with E-state index in [2.05, 4.69) is 0 Å². The standard InChI is InChI=1S/C5H11NO2S/c1-9-3-2-4(6)5(7)8/h4H,2-3,6H2,1H3,(H,7,8)/t4-/m0/s1/i9-2. The molecule has 0 aliphatic heterocycles. The number of nitrogens with two attached hydrogens (primary N) is 1. The zero-order valence-corrected chi connectivity index (χ0v) is 6.15. The second-order valence-corrected chi connectivity index (χ2v) is 2.71. The van der Waals surface area contributed by atoms with Gasteiger partial charge in [0.2, 0.25) is 0 Å². The van der Waals surface area contributed by atoms with E-state index in [-0.39, 0.29) is 0 Å². The van der Waals surface area contributed by atoms with Crippen molar-refractivity contribution in [3.05, 3.63) is 0 Å². The van der Waals surface area contributed by atoms with Gasteiger partial charge < -0.3 is 10.8 Å². The summed E-state index contributed by atoms with van der Waals surface area (Å²) in [5, 5.41) is 8.27. The Morgan fingerprint density at radius 2 is 2.44 bits per heavy atom. The molecule has 0 spiro atoms. The summed E-state index contributed by atoms with van der Waals surface area (Å²) in [6, 6.07) is -0.683. The van der Waals surface area contributed by atoms with Crippen LogP contribution in [0.15, 0.2) is 0 Å². The Balaban J connectivity index is 3.27. The zero-order valence-electron chi connectivity index (χ0n) is 5.33. The number of carboxylic acids is 1. The summed E-state index contributed by atoms with van der Waals surface area (Å²) in [5.41, 5.74) is 5.19. The molecule has 0 fully saturated rings. The van der Waals surface area contributed by atoms with Crippen LogP contribution in [0.1, 0.15) is 6.42 Å². The summed E-state index contributed by atoms with van der Waals surface area (Å²) in [6.07, 6.45) is 2.48. The fourth-order valence-electron chi connectivity index (χ4n) is 0.368. The van der Waals surface area contributed by atoms with Crippen LogP contribution in [0.2, 0.25) is 0 Å². The molecule has 0 aromatic rings. The van der Waals surface area contributed by atoms with Crippen LogP contribution >= 0.6 is 11.8 Å². The molecule has 0 aromatic carbocycles. The molecular formula is C5H11NO2S. The third-order valence-electron chi connectivity index (χ3n) is 0.950. The van der Waals surface area contributed by atoms with Crippen molar-refractivity contribution in [3.8, 4) is 0 Å². The van der Waals surface area contributed by atoms with Crippen LogP contribution in [-0.4, -0.2) is 29.1 Å². The first-order valence-electron chi connectivity index (χ1n) is 2.65. The Bertz CT molecular complexity index is 97.0. The maximum atomic E-state index is 10.1. The van der Waals surface area contributed by atoms with Crippen molar-refractivity contribution < 1.29 is 9.90 Å². The average Bonchev–Trinajstić information content (AvgIpc) is 1.82. The van der Waals surface area contributed by atoms with Crippen molar-refractivity contribution in [2.24, 2.45) is 5.73 Å². The van der Waals surface area contributed by atoms with Crippen molar-refractivity contribution in [2.75, 3.05) is 12.0 Å². The fourth-order valence-corrected chi connectivity index (χ4v) is 0.858. The van der Waals surface area contributed by atoms with Gasteiger partial charge in [-0.2, -0.15) is 11.8 Å². The number of thioether (sulfide) groups is 1. The van der Waals surface area contributed by atoms with E-state index in [1.165, 1.54) is 0 Å². The molecule has 3 nitrogen and oxygen atoms in total. The van der Waals surface area contributed by atoms with Crippen LogP contribution in [0.5, 0.6) is 0 Å². The number of carbonyl (C=O) groups is 1. The maximum absolute atomic E-state index is 10.1. The zero-order chi connectivity index (χ0) is 7.28. The SMILES string of the molecule is C[30S]CC[C@H](N)C(=O)O. The maximum Gasteiger partial charge on any atom is 0.320 e. The van der Waals surface area contributed by atoms with Crippen LogP contribution in [0, 0.1) is 0 Å². The summed E-state index contributed by atoms with van der Waals surface area (Å²) in [7, 11) is 0.